The average molecular weight is 287 g/mol. The van der Waals surface area contributed by atoms with Gasteiger partial charge in [0.25, 0.3) is 0 Å². The standard InChI is InChI=1S/C15H23FN2.ClH/c1-12-9-13(2)11-14(10-12)15(3-4-16)18-7-5-17-6-8-18;/h9-11,15,17H,3-8H2,1-2H3;1H/t15-;/m0./s1. The lowest BCUT2D eigenvalue weighted by molar-refractivity contribution is 0.157. The zero-order valence-electron chi connectivity index (χ0n) is 11.8. The Morgan fingerprint density at radius 1 is 1.16 bits per heavy atom. The third-order valence-corrected chi connectivity index (χ3v) is 3.60. The Morgan fingerprint density at radius 3 is 2.26 bits per heavy atom. The smallest absolute Gasteiger partial charge is 0.0912 e. The minimum atomic E-state index is -0.248. The highest BCUT2D eigenvalue weighted by atomic mass is 35.5. The van der Waals surface area contributed by atoms with Gasteiger partial charge in [-0.2, -0.15) is 0 Å². The van der Waals surface area contributed by atoms with Crippen LogP contribution < -0.4 is 5.32 Å². The second kappa shape index (κ2) is 7.83. The number of benzene rings is 1. The summed E-state index contributed by atoms with van der Waals surface area (Å²) in [5.41, 5.74) is 3.81. The van der Waals surface area contributed by atoms with Crippen molar-refractivity contribution in [2.45, 2.75) is 26.3 Å². The first kappa shape index (κ1) is 16.4. The third kappa shape index (κ3) is 4.44. The first-order valence-corrected chi connectivity index (χ1v) is 6.79. The molecule has 1 aliphatic rings. The van der Waals surface area contributed by atoms with Gasteiger partial charge in [0.2, 0.25) is 0 Å². The molecule has 1 fully saturated rings. The lowest BCUT2D eigenvalue weighted by Crippen LogP contribution is -2.45. The Labute approximate surface area is 121 Å². The summed E-state index contributed by atoms with van der Waals surface area (Å²) in [6, 6.07) is 6.81. The van der Waals surface area contributed by atoms with Crippen molar-refractivity contribution in [1.29, 1.82) is 0 Å². The fraction of sp³-hybridized carbons (Fsp3) is 0.600. The summed E-state index contributed by atoms with van der Waals surface area (Å²) in [5, 5.41) is 3.35. The number of nitrogens with zero attached hydrogens (tertiary/aromatic N) is 1. The molecule has 0 amide bonds. The molecule has 0 aliphatic carbocycles. The van der Waals surface area contributed by atoms with E-state index in [2.05, 4.69) is 42.3 Å². The van der Waals surface area contributed by atoms with Crippen molar-refractivity contribution in [3.63, 3.8) is 0 Å². The van der Waals surface area contributed by atoms with Crippen LogP contribution in [0.5, 0.6) is 0 Å². The van der Waals surface area contributed by atoms with Gasteiger partial charge in [0.15, 0.2) is 0 Å². The average Bonchev–Trinajstić information content (AvgIpc) is 2.36. The zero-order chi connectivity index (χ0) is 13.0. The van der Waals surface area contributed by atoms with Gasteiger partial charge in [-0.3, -0.25) is 9.29 Å². The molecule has 1 aromatic rings. The van der Waals surface area contributed by atoms with E-state index in [1.54, 1.807) is 0 Å². The number of alkyl halides is 1. The normalized spacial score (nSPS) is 17.8. The van der Waals surface area contributed by atoms with Gasteiger partial charge in [-0.15, -0.1) is 12.4 Å². The molecule has 1 aromatic carbocycles. The van der Waals surface area contributed by atoms with E-state index in [9.17, 15) is 4.39 Å². The van der Waals surface area contributed by atoms with E-state index >= 15 is 0 Å². The summed E-state index contributed by atoms with van der Waals surface area (Å²) in [6.45, 7) is 8.01. The van der Waals surface area contributed by atoms with Crippen LogP contribution in [0.15, 0.2) is 18.2 Å². The number of nitrogens with one attached hydrogen (secondary N) is 1. The van der Waals surface area contributed by atoms with Gasteiger partial charge < -0.3 is 5.32 Å². The second-order valence-corrected chi connectivity index (χ2v) is 5.20. The molecule has 1 N–H and O–H groups in total. The SMILES string of the molecule is Cc1cc(C)cc([C@H](CCF)N2CCNCC2)c1.Cl. The van der Waals surface area contributed by atoms with Gasteiger partial charge >= 0.3 is 0 Å². The molecule has 0 radical (unpaired) electrons. The number of rotatable bonds is 4. The first-order valence-electron chi connectivity index (χ1n) is 6.79. The first-order chi connectivity index (χ1) is 8.70. The van der Waals surface area contributed by atoms with Crippen LogP contribution in [0.25, 0.3) is 0 Å². The highest BCUT2D eigenvalue weighted by molar-refractivity contribution is 5.85. The Bertz CT molecular complexity index is 371. The monoisotopic (exact) mass is 286 g/mol. The van der Waals surface area contributed by atoms with Crippen LogP contribution in [0.1, 0.15) is 29.2 Å². The maximum atomic E-state index is 12.8. The van der Waals surface area contributed by atoms with Crippen LogP contribution in [-0.4, -0.2) is 37.8 Å². The molecular formula is C15H24ClFN2. The number of aryl methyl sites for hydroxylation is 2. The number of halogens is 2. The van der Waals surface area contributed by atoms with Crippen LogP contribution >= 0.6 is 12.4 Å². The van der Waals surface area contributed by atoms with Gasteiger partial charge in [0.1, 0.15) is 0 Å². The van der Waals surface area contributed by atoms with Gasteiger partial charge in [-0.25, -0.2) is 0 Å². The highest BCUT2D eigenvalue weighted by Crippen LogP contribution is 2.26. The van der Waals surface area contributed by atoms with Crippen LogP contribution in [0.4, 0.5) is 4.39 Å². The van der Waals surface area contributed by atoms with Crippen molar-refractivity contribution in [2.75, 3.05) is 32.9 Å². The Morgan fingerprint density at radius 2 is 1.74 bits per heavy atom. The molecule has 108 valence electrons. The molecule has 0 saturated carbocycles. The Balaban J connectivity index is 0.00000180. The van der Waals surface area contributed by atoms with Crippen LogP contribution in [-0.2, 0) is 0 Å². The van der Waals surface area contributed by atoms with E-state index in [4.69, 9.17) is 0 Å². The Kier molecular flexibility index (Phi) is 6.76. The van der Waals surface area contributed by atoms with Gasteiger partial charge in [-0.05, 0) is 25.8 Å². The lowest BCUT2D eigenvalue weighted by Gasteiger charge is -2.35. The van der Waals surface area contributed by atoms with E-state index in [0.717, 1.165) is 26.2 Å². The quantitative estimate of drug-likeness (QED) is 0.915. The number of hydrogen-bond acceptors (Lipinski definition) is 2. The van der Waals surface area contributed by atoms with Gasteiger partial charge in [0, 0.05) is 32.2 Å². The minimum absolute atomic E-state index is 0. The topological polar surface area (TPSA) is 15.3 Å². The molecule has 4 heteroatoms. The second-order valence-electron chi connectivity index (χ2n) is 5.20. The molecule has 0 bridgehead atoms. The zero-order valence-corrected chi connectivity index (χ0v) is 12.6. The molecule has 0 spiro atoms. The largest absolute Gasteiger partial charge is 0.314 e. The van der Waals surface area contributed by atoms with Crippen LogP contribution in [0.3, 0.4) is 0 Å². The molecular weight excluding hydrogens is 263 g/mol. The van der Waals surface area contributed by atoms with E-state index in [1.807, 2.05) is 0 Å². The number of piperazine rings is 1. The van der Waals surface area contributed by atoms with E-state index in [0.29, 0.717) is 6.42 Å². The van der Waals surface area contributed by atoms with Gasteiger partial charge in [0.05, 0.1) is 6.67 Å². The summed E-state index contributed by atoms with van der Waals surface area (Å²) in [4.78, 5) is 2.41. The fourth-order valence-electron chi connectivity index (χ4n) is 2.86. The van der Waals surface area contributed by atoms with Crippen LogP contribution in [0, 0.1) is 13.8 Å². The molecule has 1 saturated heterocycles. The summed E-state index contributed by atoms with van der Waals surface area (Å²) in [7, 11) is 0. The number of hydrogen-bond donors (Lipinski definition) is 1. The maximum absolute atomic E-state index is 12.8. The van der Waals surface area contributed by atoms with Crippen molar-refractivity contribution in [1.82, 2.24) is 10.2 Å². The van der Waals surface area contributed by atoms with Crippen molar-refractivity contribution in [2.24, 2.45) is 0 Å². The third-order valence-electron chi connectivity index (χ3n) is 3.60. The molecule has 0 aromatic heterocycles. The van der Waals surface area contributed by atoms with Crippen molar-refractivity contribution in [3.8, 4) is 0 Å². The Hall–Kier alpha value is -0.640. The molecule has 19 heavy (non-hydrogen) atoms. The maximum Gasteiger partial charge on any atom is 0.0912 e. The predicted molar refractivity (Wildman–Crippen MR) is 80.9 cm³/mol. The lowest BCUT2D eigenvalue weighted by atomic mass is 9.97. The minimum Gasteiger partial charge on any atom is -0.314 e. The van der Waals surface area contributed by atoms with E-state index in [-0.39, 0.29) is 25.1 Å². The van der Waals surface area contributed by atoms with Crippen molar-refractivity contribution < 1.29 is 4.39 Å². The van der Waals surface area contributed by atoms with E-state index < -0.39 is 0 Å². The molecule has 2 nitrogen and oxygen atoms in total. The molecule has 1 aliphatic heterocycles. The van der Waals surface area contributed by atoms with Crippen LogP contribution in [0.2, 0.25) is 0 Å². The highest BCUT2D eigenvalue weighted by Gasteiger charge is 2.22. The summed E-state index contributed by atoms with van der Waals surface area (Å²) < 4.78 is 12.8. The van der Waals surface area contributed by atoms with Crippen molar-refractivity contribution in [3.05, 3.63) is 34.9 Å². The fourth-order valence-corrected chi connectivity index (χ4v) is 2.86. The summed E-state index contributed by atoms with van der Waals surface area (Å²) in [6.07, 6.45) is 0.600. The molecule has 1 heterocycles. The predicted octanol–water partition coefficient (Wildman–Crippen LogP) is 3.03. The van der Waals surface area contributed by atoms with Gasteiger partial charge in [-0.1, -0.05) is 29.3 Å². The van der Waals surface area contributed by atoms with Crippen molar-refractivity contribution >= 4 is 12.4 Å². The molecule has 0 unspecified atom stereocenters. The molecule has 1 atom stereocenters. The van der Waals surface area contributed by atoms with E-state index in [1.165, 1.54) is 16.7 Å². The molecule has 2 rings (SSSR count). The summed E-state index contributed by atoms with van der Waals surface area (Å²) >= 11 is 0. The summed E-state index contributed by atoms with van der Waals surface area (Å²) in [5.74, 6) is 0.